The van der Waals surface area contributed by atoms with Crippen molar-refractivity contribution < 1.29 is 33.4 Å². The summed E-state index contributed by atoms with van der Waals surface area (Å²) in [5, 5.41) is 3.57. The molecule has 2 fully saturated rings. The van der Waals surface area contributed by atoms with Crippen LogP contribution >= 0.6 is 0 Å². The Bertz CT molecular complexity index is 2150. The van der Waals surface area contributed by atoms with Crippen LogP contribution < -0.4 is 25.1 Å². The Morgan fingerprint density at radius 1 is 0.887 bits per heavy atom. The molecule has 7 rings (SSSR count). The molecule has 53 heavy (non-hydrogen) atoms. The Morgan fingerprint density at radius 3 is 2.30 bits per heavy atom. The van der Waals surface area contributed by atoms with Gasteiger partial charge in [0.2, 0.25) is 11.8 Å². The lowest BCUT2D eigenvalue weighted by atomic mass is 9.98. The normalized spacial score (nSPS) is 18.1. The number of hydrogen-bond donors (Lipinski definition) is 1. The Hall–Kier alpha value is -5.60. The number of imide groups is 2. The van der Waals surface area contributed by atoms with Gasteiger partial charge in [0.25, 0.3) is 17.4 Å². The lowest BCUT2D eigenvalue weighted by Crippen LogP contribution is -2.54. The predicted octanol–water partition coefficient (Wildman–Crippen LogP) is 2.99. The van der Waals surface area contributed by atoms with Gasteiger partial charge in [0, 0.05) is 56.8 Å². The van der Waals surface area contributed by atoms with E-state index in [1.165, 1.54) is 0 Å². The number of amides is 4. The molecule has 0 bridgehead atoms. The standard InChI is InChI=1S/C39H42N6O8/c1-42(22-31-33(51-3)17-23(18-34(31)52-4)30-21-43(2)37(48)29-20-40-12-9-26(29)30)24-10-13-44(14-11-24)15-16-53-25-5-6-27-28(19-25)39(50)45(38(27)49)32-7-8-35(46)41-36(32)47/h5-6,9,12,17-21,24,32H,7-8,10-11,13-16,22H2,1-4H3,(H,41,46,47). The van der Waals surface area contributed by atoms with Crippen molar-refractivity contribution in [2.75, 3.05) is 47.5 Å². The number of rotatable bonds is 11. The molecule has 3 aliphatic heterocycles. The van der Waals surface area contributed by atoms with E-state index in [0.717, 1.165) is 52.9 Å². The number of nitrogens with zero attached hydrogens (tertiary/aromatic N) is 5. The highest BCUT2D eigenvalue weighted by Crippen LogP contribution is 2.38. The van der Waals surface area contributed by atoms with Gasteiger partial charge in [0.1, 0.15) is 29.9 Å². The van der Waals surface area contributed by atoms with Crippen LogP contribution in [0.5, 0.6) is 17.2 Å². The molecule has 2 saturated heterocycles. The van der Waals surface area contributed by atoms with E-state index in [-0.39, 0.29) is 29.5 Å². The average molecular weight is 723 g/mol. The molecule has 276 valence electrons. The first-order chi connectivity index (χ1) is 25.6. The maximum absolute atomic E-state index is 13.2. The van der Waals surface area contributed by atoms with Crippen LogP contribution in [0.2, 0.25) is 0 Å². The highest BCUT2D eigenvalue weighted by molar-refractivity contribution is 6.23. The lowest BCUT2D eigenvalue weighted by Gasteiger charge is -2.37. The third-order valence-electron chi connectivity index (χ3n) is 10.6. The summed E-state index contributed by atoms with van der Waals surface area (Å²) in [6.45, 7) is 3.50. The fourth-order valence-corrected chi connectivity index (χ4v) is 7.63. The third kappa shape index (κ3) is 6.87. The first-order valence-corrected chi connectivity index (χ1v) is 17.7. The molecule has 0 spiro atoms. The molecule has 0 radical (unpaired) electrons. The van der Waals surface area contributed by atoms with Gasteiger partial charge in [0.15, 0.2) is 0 Å². The van der Waals surface area contributed by atoms with Gasteiger partial charge in [-0.25, -0.2) is 0 Å². The third-order valence-corrected chi connectivity index (χ3v) is 10.6. The van der Waals surface area contributed by atoms with Gasteiger partial charge in [-0.1, -0.05) is 0 Å². The zero-order valence-corrected chi connectivity index (χ0v) is 30.2. The van der Waals surface area contributed by atoms with Crippen LogP contribution in [0.15, 0.2) is 59.8 Å². The number of piperidine rings is 2. The Morgan fingerprint density at radius 2 is 1.60 bits per heavy atom. The molecule has 5 heterocycles. The number of carbonyl (C=O) groups excluding carboxylic acids is 4. The maximum Gasteiger partial charge on any atom is 0.262 e. The molecule has 4 aromatic rings. The van der Waals surface area contributed by atoms with E-state index in [2.05, 4.69) is 27.1 Å². The molecule has 1 atom stereocenters. The van der Waals surface area contributed by atoms with Crippen molar-refractivity contribution >= 4 is 34.4 Å². The molecule has 14 nitrogen and oxygen atoms in total. The highest BCUT2D eigenvalue weighted by Gasteiger charge is 2.44. The maximum atomic E-state index is 13.2. The average Bonchev–Trinajstić information content (AvgIpc) is 3.41. The zero-order valence-electron chi connectivity index (χ0n) is 30.2. The van der Waals surface area contributed by atoms with Crippen LogP contribution in [0, 0.1) is 0 Å². The second-order valence-electron chi connectivity index (χ2n) is 13.7. The number of likely N-dealkylation sites (tertiary alicyclic amines) is 1. The summed E-state index contributed by atoms with van der Waals surface area (Å²) in [6, 6.07) is 9.95. The Kier molecular flexibility index (Phi) is 9.99. The molecule has 1 unspecified atom stereocenters. The second kappa shape index (κ2) is 14.8. The molecule has 14 heteroatoms. The van der Waals surface area contributed by atoms with E-state index in [4.69, 9.17) is 14.2 Å². The van der Waals surface area contributed by atoms with Crippen molar-refractivity contribution in [1.82, 2.24) is 29.6 Å². The summed E-state index contributed by atoms with van der Waals surface area (Å²) in [5.74, 6) is -0.261. The van der Waals surface area contributed by atoms with Crippen molar-refractivity contribution in [3.8, 4) is 28.4 Å². The summed E-state index contributed by atoms with van der Waals surface area (Å²) in [5.41, 5.74) is 3.02. The molecule has 0 saturated carbocycles. The summed E-state index contributed by atoms with van der Waals surface area (Å²) < 4.78 is 19.4. The SMILES string of the molecule is COc1cc(-c2cn(C)c(=O)c3cnccc23)cc(OC)c1CN(C)C1CCN(CCOc2ccc3c(c2)C(=O)N(C2CCC(=O)NC2=O)C3=O)CC1. The number of fused-ring (bicyclic) bond motifs is 2. The lowest BCUT2D eigenvalue weighted by molar-refractivity contribution is -0.136. The Labute approximate surface area is 306 Å². The van der Waals surface area contributed by atoms with Gasteiger partial charge >= 0.3 is 0 Å². The monoisotopic (exact) mass is 722 g/mol. The molecule has 4 amide bonds. The first-order valence-electron chi connectivity index (χ1n) is 17.7. The van der Waals surface area contributed by atoms with Crippen LogP contribution in [0.25, 0.3) is 21.9 Å². The minimum Gasteiger partial charge on any atom is -0.496 e. The van der Waals surface area contributed by atoms with E-state index in [1.54, 1.807) is 56.4 Å². The van der Waals surface area contributed by atoms with Crippen LogP contribution in [0.1, 0.15) is 52.0 Å². The Balaban J connectivity index is 0.946. The van der Waals surface area contributed by atoms with Crippen LogP contribution in [-0.2, 0) is 23.2 Å². The van der Waals surface area contributed by atoms with Gasteiger partial charge < -0.3 is 18.8 Å². The molecule has 3 aliphatic rings. The number of methoxy groups -OCH3 is 2. The van der Waals surface area contributed by atoms with Crippen molar-refractivity contribution in [2.45, 2.75) is 44.3 Å². The van der Waals surface area contributed by atoms with Crippen molar-refractivity contribution in [1.29, 1.82) is 0 Å². The van der Waals surface area contributed by atoms with Gasteiger partial charge in [-0.2, -0.15) is 0 Å². The molecule has 2 aromatic heterocycles. The van der Waals surface area contributed by atoms with Gasteiger partial charge in [-0.15, -0.1) is 0 Å². The number of nitrogens with one attached hydrogen (secondary N) is 1. The second-order valence-corrected chi connectivity index (χ2v) is 13.7. The number of pyridine rings is 2. The van der Waals surface area contributed by atoms with Crippen LogP contribution in [0.4, 0.5) is 0 Å². The number of aromatic nitrogens is 2. The minimum atomic E-state index is -1.01. The summed E-state index contributed by atoms with van der Waals surface area (Å²) in [7, 11) is 7.16. The molecular formula is C39H42N6O8. The topological polar surface area (TPSA) is 153 Å². The predicted molar refractivity (Wildman–Crippen MR) is 195 cm³/mol. The van der Waals surface area contributed by atoms with E-state index < -0.39 is 29.7 Å². The fraction of sp³-hybridized carbons (Fsp3) is 0.385. The number of hydrogen-bond acceptors (Lipinski definition) is 11. The van der Waals surface area contributed by atoms with Gasteiger partial charge in [0.05, 0.1) is 36.3 Å². The van der Waals surface area contributed by atoms with Crippen LogP contribution in [0.3, 0.4) is 0 Å². The van der Waals surface area contributed by atoms with Crippen molar-refractivity contribution in [3.63, 3.8) is 0 Å². The van der Waals surface area contributed by atoms with E-state index in [9.17, 15) is 24.0 Å². The molecule has 0 aliphatic carbocycles. The first kappa shape index (κ1) is 35.8. The van der Waals surface area contributed by atoms with E-state index in [1.807, 2.05) is 24.4 Å². The smallest absolute Gasteiger partial charge is 0.262 e. The van der Waals surface area contributed by atoms with Crippen LogP contribution in [-0.4, -0.2) is 107 Å². The number of ether oxygens (including phenoxy) is 3. The van der Waals surface area contributed by atoms with Gasteiger partial charge in [-0.3, -0.25) is 49.0 Å². The molecule has 1 N–H and O–H groups in total. The van der Waals surface area contributed by atoms with Crippen molar-refractivity contribution in [2.24, 2.45) is 7.05 Å². The number of aryl methyl sites for hydroxylation is 1. The largest absolute Gasteiger partial charge is 0.496 e. The molecular weight excluding hydrogens is 680 g/mol. The quantitative estimate of drug-likeness (QED) is 0.228. The summed E-state index contributed by atoms with van der Waals surface area (Å²) >= 11 is 0. The number of carbonyl (C=O) groups is 4. The van der Waals surface area contributed by atoms with Crippen molar-refractivity contribution in [3.05, 3.63) is 82.0 Å². The van der Waals surface area contributed by atoms with E-state index in [0.29, 0.717) is 48.4 Å². The highest BCUT2D eigenvalue weighted by atomic mass is 16.5. The zero-order chi connectivity index (χ0) is 37.4. The number of benzene rings is 2. The fourth-order valence-electron chi connectivity index (χ4n) is 7.63. The van der Waals surface area contributed by atoms with E-state index >= 15 is 0 Å². The summed E-state index contributed by atoms with van der Waals surface area (Å²) in [4.78, 5) is 72.6. The minimum absolute atomic E-state index is 0.0696. The summed E-state index contributed by atoms with van der Waals surface area (Å²) in [6.07, 6.45) is 7.21. The molecule has 2 aromatic carbocycles. The van der Waals surface area contributed by atoms with Gasteiger partial charge in [-0.05, 0) is 86.7 Å².